The Kier molecular flexibility index (Phi) is 15.0. The van der Waals surface area contributed by atoms with Crippen LogP contribution in [0.4, 0.5) is 0 Å². The molecule has 0 aliphatic carbocycles. The minimum absolute atomic E-state index is 0.221. The van der Waals surface area contributed by atoms with Crippen LogP contribution in [-0.4, -0.2) is 44.3 Å². The molecule has 0 rings (SSSR count). The summed E-state index contributed by atoms with van der Waals surface area (Å²) >= 11 is 0. The molecule has 0 aromatic rings. The predicted molar refractivity (Wildman–Crippen MR) is 76.6 cm³/mol. The van der Waals surface area contributed by atoms with E-state index in [0.717, 1.165) is 31.4 Å². The number of unbranched alkanes of at least 4 members (excludes halogenated alkanes) is 4. The first-order valence-corrected chi connectivity index (χ1v) is 6.80. The lowest BCUT2D eigenvalue weighted by Gasteiger charge is -1.97. The molecule has 0 unspecified atom stereocenters. The van der Waals surface area contributed by atoms with Crippen LogP contribution in [0, 0.1) is 0 Å². The fourth-order valence-corrected chi connectivity index (χ4v) is 1.34. The molecule has 0 heterocycles. The predicted octanol–water partition coefficient (Wildman–Crippen LogP) is 1.99. The Morgan fingerprint density at radius 3 is 1.36 bits per heavy atom. The van der Waals surface area contributed by atoms with Crippen molar-refractivity contribution in [2.75, 3.05) is 0 Å². The Bertz CT molecular complexity index is 368. The molecule has 0 aliphatic rings. The molecule has 8 nitrogen and oxygen atoms in total. The van der Waals surface area contributed by atoms with Gasteiger partial charge in [-0.05, 0) is 12.8 Å². The van der Waals surface area contributed by atoms with Crippen molar-refractivity contribution in [1.29, 1.82) is 0 Å². The Hall–Kier alpha value is -2.38. The molecule has 0 aromatic heterocycles. The first-order chi connectivity index (χ1) is 10.3. The number of aliphatic carboxylic acids is 4. The first kappa shape index (κ1) is 21.9. The summed E-state index contributed by atoms with van der Waals surface area (Å²) in [5, 5.41) is 32.6. The second-order valence-electron chi connectivity index (χ2n) is 4.39. The van der Waals surface area contributed by atoms with Gasteiger partial charge >= 0.3 is 23.9 Å². The lowest BCUT2D eigenvalue weighted by atomic mass is 10.1. The van der Waals surface area contributed by atoms with Gasteiger partial charge in [-0.25, -0.2) is 4.79 Å². The Labute approximate surface area is 128 Å². The Morgan fingerprint density at radius 1 is 0.636 bits per heavy atom. The number of carboxylic acid groups (broad SMARTS) is 4. The van der Waals surface area contributed by atoms with Gasteiger partial charge in [-0.1, -0.05) is 25.3 Å². The molecular weight excluding hydrogens is 296 g/mol. The maximum atomic E-state index is 10.1. The molecule has 8 heteroatoms. The summed E-state index contributed by atoms with van der Waals surface area (Å²) in [6, 6.07) is 0. The normalized spacial score (nSPS) is 9.82. The highest BCUT2D eigenvalue weighted by Gasteiger charge is 1.98. The third-order valence-corrected chi connectivity index (χ3v) is 2.33. The van der Waals surface area contributed by atoms with E-state index < -0.39 is 23.9 Å². The average Bonchev–Trinajstić information content (AvgIpc) is 2.36. The van der Waals surface area contributed by atoms with E-state index >= 15 is 0 Å². The standard InChI is InChI=1S/C9H16O4.C5H6O4/c10-8(11)6-4-2-1-3-5-7-9(12)13;6-4(7)2-1-3-5(8)9/h1-7H2,(H,10,11)(H,12,13);1-2H,3H2,(H,6,7)(H,8,9). The molecule has 0 saturated heterocycles. The number of hydrogen-bond donors (Lipinski definition) is 4. The molecule has 4 N–H and O–H groups in total. The summed E-state index contributed by atoms with van der Waals surface area (Å²) in [4.78, 5) is 39.6. The van der Waals surface area contributed by atoms with Crippen molar-refractivity contribution < 1.29 is 39.6 Å². The van der Waals surface area contributed by atoms with E-state index in [0.29, 0.717) is 12.8 Å². The molecule has 0 saturated carbocycles. The molecule has 0 spiro atoms. The highest BCUT2D eigenvalue weighted by atomic mass is 16.4. The van der Waals surface area contributed by atoms with Crippen molar-refractivity contribution in [3.05, 3.63) is 12.2 Å². The van der Waals surface area contributed by atoms with Crippen LogP contribution in [-0.2, 0) is 19.2 Å². The molecule has 0 atom stereocenters. The SMILES string of the molecule is O=C(O)C=CCC(=O)O.O=C(O)CCCCCCCC(=O)O. The highest BCUT2D eigenvalue weighted by Crippen LogP contribution is 2.06. The van der Waals surface area contributed by atoms with Crippen molar-refractivity contribution >= 4 is 23.9 Å². The Balaban J connectivity index is 0. The van der Waals surface area contributed by atoms with Gasteiger partial charge in [-0.3, -0.25) is 14.4 Å². The quantitative estimate of drug-likeness (QED) is 0.333. The van der Waals surface area contributed by atoms with Gasteiger partial charge in [-0.15, -0.1) is 0 Å². The van der Waals surface area contributed by atoms with E-state index in [1.807, 2.05) is 0 Å². The zero-order valence-electron chi connectivity index (χ0n) is 12.2. The number of hydrogen-bond acceptors (Lipinski definition) is 4. The minimum Gasteiger partial charge on any atom is -0.481 e. The molecule has 0 amide bonds. The van der Waals surface area contributed by atoms with Gasteiger partial charge in [0.1, 0.15) is 0 Å². The van der Waals surface area contributed by atoms with Gasteiger partial charge in [0, 0.05) is 18.9 Å². The van der Waals surface area contributed by atoms with E-state index in [2.05, 4.69) is 0 Å². The van der Waals surface area contributed by atoms with Crippen molar-refractivity contribution in [2.24, 2.45) is 0 Å². The second-order valence-corrected chi connectivity index (χ2v) is 4.39. The molecule has 0 aromatic carbocycles. The summed E-state index contributed by atoms with van der Waals surface area (Å²) in [7, 11) is 0. The molecule has 0 bridgehead atoms. The number of carboxylic acids is 4. The highest BCUT2D eigenvalue weighted by molar-refractivity contribution is 5.81. The Morgan fingerprint density at radius 2 is 1.05 bits per heavy atom. The van der Waals surface area contributed by atoms with Gasteiger partial charge in [0.2, 0.25) is 0 Å². The van der Waals surface area contributed by atoms with Crippen molar-refractivity contribution in [1.82, 2.24) is 0 Å². The smallest absolute Gasteiger partial charge is 0.327 e. The van der Waals surface area contributed by atoms with Crippen LogP contribution in [0.2, 0.25) is 0 Å². The molecule has 0 fully saturated rings. The lowest BCUT2D eigenvalue weighted by Crippen LogP contribution is -1.95. The van der Waals surface area contributed by atoms with Gasteiger partial charge in [0.25, 0.3) is 0 Å². The van der Waals surface area contributed by atoms with Crippen LogP contribution in [0.25, 0.3) is 0 Å². The fourth-order valence-electron chi connectivity index (χ4n) is 1.34. The van der Waals surface area contributed by atoms with Gasteiger partial charge in [0.05, 0.1) is 6.42 Å². The van der Waals surface area contributed by atoms with Gasteiger partial charge in [0.15, 0.2) is 0 Å². The van der Waals surface area contributed by atoms with E-state index in [4.69, 9.17) is 20.4 Å². The maximum absolute atomic E-state index is 10.1. The molecule has 0 radical (unpaired) electrons. The largest absolute Gasteiger partial charge is 0.481 e. The maximum Gasteiger partial charge on any atom is 0.327 e. The molecular formula is C14H22O8. The average molecular weight is 318 g/mol. The zero-order chi connectivity index (χ0) is 17.4. The van der Waals surface area contributed by atoms with Crippen molar-refractivity contribution in [3.8, 4) is 0 Å². The van der Waals surface area contributed by atoms with Crippen LogP contribution in [0.15, 0.2) is 12.2 Å². The van der Waals surface area contributed by atoms with Gasteiger partial charge in [-0.2, -0.15) is 0 Å². The third kappa shape index (κ3) is 26.2. The summed E-state index contributed by atoms with van der Waals surface area (Å²) < 4.78 is 0. The molecule has 22 heavy (non-hydrogen) atoms. The van der Waals surface area contributed by atoms with Crippen LogP contribution in [0.1, 0.15) is 51.4 Å². The second kappa shape index (κ2) is 15.0. The molecule has 0 aliphatic heterocycles. The summed E-state index contributed by atoms with van der Waals surface area (Å²) in [5.41, 5.74) is 0. The first-order valence-electron chi connectivity index (χ1n) is 6.80. The lowest BCUT2D eigenvalue weighted by molar-refractivity contribution is -0.138. The van der Waals surface area contributed by atoms with Crippen LogP contribution < -0.4 is 0 Å². The summed E-state index contributed by atoms with van der Waals surface area (Å²) in [6.45, 7) is 0. The van der Waals surface area contributed by atoms with Crippen LogP contribution in [0.3, 0.4) is 0 Å². The van der Waals surface area contributed by atoms with E-state index in [1.165, 1.54) is 0 Å². The monoisotopic (exact) mass is 318 g/mol. The minimum atomic E-state index is -1.13. The third-order valence-electron chi connectivity index (χ3n) is 2.33. The van der Waals surface area contributed by atoms with Crippen molar-refractivity contribution in [3.63, 3.8) is 0 Å². The summed E-state index contributed by atoms with van der Waals surface area (Å²) in [6.07, 6.45) is 6.16. The number of carbonyl (C=O) groups is 4. The van der Waals surface area contributed by atoms with E-state index in [9.17, 15) is 19.2 Å². The van der Waals surface area contributed by atoms with E-state index in [1.54, 1.807) is 0 Å². The molecule has 126 valence electrons. The fraction of sp³-hybridized carbons (Fsp3) is 0.571. The summed E-state index contributed by atoms with van der Waals surface area (Å²) in [5.74, 6) is -3.68. The topological polar surface area (TPSA) is 149 Å². The number of rotatable bonds is 11. The van der Waals surface area contributed by atoms with Crippen LogP contribution in [0.5, 0.6) is 0 Å². The van der Waals surface area contributed by atoms with Crippen molar-refractivity contribution in [2.45, 2.75) is 51.4 Å². The zero-order valence-corrected chi connectivity index (χ0v) is 12.2. The van der Waals surface area contributed by atoms with Gasteiger partial charge < -0.3 is 20.4 Å². The van der Waals surface area contributed by atoms with Crippen LogP contribution >= 0.6 is 0 Å². The van der Waals surface area contributed by atoms with E-state index in [-0.39, 0.29) is 19.3 Å².